The standard InChI is InChI=1S/C6H3N2OS.Y/c9-4-5-3-7-6-8(5)1-2-10-6;/h1-2,4H;/q-1;. The van der Waals surface area contributed by atoms with E-state index in [1.165, 1.54) is 11.3 Å². The molecule has 0 aliphatic heterocycles. The number of aromatic nitrogens is 2. The Labute approximate surface area is 92.3 Å². The zero-order valence-corrected chi connectivity index (χ0v) is 9.18. The molecule has 2 rings (SSSR count). The molecule has 0 saturated carbocycles. The van der Waals surface area contributed by atoms with Crippen molar-refractivity contribution in [3.05, 3.63) is 23.5 Å². The SMILES string of the molecule is O=Cc1[c-]nc2sccn12.[Y]. The van der Waals surface area contributed by atoms with Crippen molar-refractivity contribution in [1.29, 1.82) is 0 Å². The third kappa shape index (κ3) is 1.43. The van der Waals surface area contributed by atoms with Crippen LogP contribution >= 0.6 is 11.3 Å². The van der Waals surface area contributed by atoms with Crippen LogP contribution in [0.5, 0.6) is 0 Å². The maximum Gasteiger partial charge on any atom is 0.0897 e. The fourth-order valence-electron chi connectivity index (χ4n) is 0.778. The minimum atomic E-state index is 0. The first-order valence-electron chi connectivity index (χ1n) is 2.70. The van der Waals surface area contributed by atoms with Crippen molar-refractivity contribution in [2.24, 2.45) is 0 Å². The summed E-state index contributed by atoms with van der Waals surface area (Å²) in [5.41, 5.74) is 0.483. The van der Waals surface area contributed by atoms with E-state index in [1.54, 1.807) is 10.6 Å². The van der Waals surface area contributed by atoms with E-state index in [1.807, 2.05) is 5.38 Å². The van der Waals surface area contributed by atoms with Gasteiger partial charge in [0.15, 0.2) is 0 Å². The molecule has 0 N–H and O–H groups in total. The van der Waals surface area contributed by atoms with Gasteiger partial charge in [0.25, 0.3) is 0 Å². The normalized spacial score (nSPS) is 9.45. The number of imidazole rings is 1. The van der Waals surface area contributed by atoms with E-state index in [9.17, 15) is 4.79 Å². The van der Waals surface area contributed by atoms with Gasteiger partial charge in [0, 0.05) is 38.9 Å². The van der Waals surface area contributed by atoms with Crippen LogP contribution < -0.4 is 0 Å². The molecule has 0 bridgehead atoms. The molecule has 1 radical (unpaired) electrons. The summed E-state index contributed by atoms with van der Waals surface area (Å²) in [6.45, 7) is 0. The van der Waals surface area contributed by atoms with Gasteiger partial charge >= 0.3 is 0 Å². The molecule has 0 atom stereocenters. The molecule has 0 unspecified atom stereocenters. The minimum Gasteiger partial charge on any atom is -0.372 e. The Morgan fingerprint density at radius 3 is 3.27 bits per heavy atom. The van der Waals surface area contributed by atoms with Gasteiger partial charge in [0.2, 0.25) is 0 Å². The number of carbonyl (C=O) groups excluding carboxylic acids is 1. The summed E-state index contributed by atoms with van der Waals surface area (Å²) in [6, 6.07) is 0. The second kappa shape index (κ2) is 3.56. The molecule has 2 heterocycles. The number of hydrogen-bond donors (Lipinski definition) is 0. The molecule has 0 fully saturated rings. The van der Waals surface area contributed by atoms with E-state index in [2.05, 4.69) is 11.2 Å². The van der Waals surface area contributed by atoms with Crippen molar-refractivity contribution in [1.82, 2.24) is 9.38 Å². The van der Waals surface area contributed by atoms with E-state index in [0.717, 1.165) is 11.2 Å². The summed E-state index contributed by atoms with van der Waals surface area (Å²) in [5, 5.41) is 1.88. The molecule has 5 heteroatoms. The van der Waals surface area contributed by atoms with E-state index < -0.39 is 0 Å². The Kier molecular flexibility index (Phi) is 2.93. The molecule has 2 aromatic heterocycles. The molecule has 0 aliphatic rings. The van der Waals surface area contributed by atoms with Gasteiger partial charge in [0.1, 0.15) is 0 Å². The Hall–Kier alpha value is -0.0561. The first-order chi connectivity index (χ1) is 4.92. The quantitative estimate of drug-likeness (QED) is 0.550. The Bertz CT molecular complexity index is 367. The zero-order chi connectivity index (χ0) is 6.97. The maximum absolute atomic E-state index is 10.3. The van der Waals surface area contributed by atoms with Crippen LogP contribution in [0.15, 0.2) is 11.6 Å². The van der Waals surface area contributed by atoms with Gasteiger partial charge < -0.3 is 14.2 Å². The van der Waals surface area contributed by atoms with Gasteiger partial charge in [-0.15, -0.1) is 0 Å². The molecule has 53 valence electrons. The predicted molar refractivity (Wildman–Crippen MR) is 37.3 cm³/mol. The van der Waals surface area contributed by atoms with Gasteiger partial charge in [-0.05, 0) is 11.1 Å². The first-order valence-corrected chi connectivity index (χ1v) is 3.58. The number of carbonyl (C=O) groups is 1. The van der Waals surface area contributed by atoms with E-state index in [0.29, 0.717) is 5.69 Å². The summed E-state index contributed by atoms with van der Waals surface area (Å²) in [7, 11) is 0. The van der Waals surface area contributed by atoms with Crippen molar-refractivity contribution in [2.45, 2.75) is 0 Å². The van der Waals surface area contributed by atoms with Crippen molar-refractivity contribution in [3.63, 3.8) is 0 Å². The van der Waals surface area contributed by atoms with Crippen molar-refractivity contribution in [2.75, 3.05) is 0 Å². The van der Waals surface area contributed by atoms with Crippen LogP contribution in [0.25, 0.3) is 4.96 Å². The minimum absolute atomic E-state index is 0. The summed E-state index contributed by atoms with van der Waals surface area (Å²) >= 11 is 1.49. The summed E-state index contributed by atoms with van der Waals surface area (Å²) in [4.78, 5) is 15.0. The van der Waals surface area contributed by atoms with Gasteiger partial charge in [-0.3, -0.25) is 0 Å². The molecule has 3 nitrogen and oxygen atoms in total. The fraction of sp³-hybridized carbons (Fsp3) is 0. The molecule has 0 aliphatic carbocycles. The second-order valence-corrected chi connectivity index (χ2v) is 2.66. The van der Waals surface area contributed by atoms with Gasteiger partial charge in [-0.25, -0.2) is 0 Å². The average Bonchev–Trinajstić information content (AvgIpc) is 2.44. The van der Waals surface area contributed by atoms with Crippen molar-refractivity contribution in [3.8, 4) is 0 Å². The van der Waals surface area contributed by atoms with E-state index in [4.69, 9.17) is 0 Å². The summed E-state index contributed by atoms with van der Waals surface area (Å²) < 4.78 is 1.71. The Morgan fingerprint density at radius 1 is 1.73 bits per heavy atom. The summed E-state index contributed by atoms with van der Waals surface area (Å²) in [6.07, 6.45) is 5.14. The van der Waals surface area contributed by atoms with Crippen LogP contribution in [0.3, 0.4) is 0 Å². The number of aldehydes is 1. The number of thiazole rings is 1. The zero-order valence-electron chi connectivity index (χ0n) is 5.52. The summed E-state index contributed by atoms with van der Waals surface area (Å²) in [5.74, 6) is 0. The maximum atomic E-state index is 10.3. The molecular weight excluding hydrogens is 237 g/mol. The van der Waals surface area contributed by atoms with E-state index in [-0.39, 0.29) is 32.7 Å². The number of nitrogens with zero attached hydrogens (tertiary/aromatic N) is 2. The molecular formula is C6H3N2OSY-. The van der Waals surface area contributed by atoms with Crippen molar-refractivity contribution < 1.29 is 37.5 Å². The molecule has 0 amide bonds. The first kappa shape index (κ1) is 9.04. The molecule has 0 spiro atoms. The third-order valence-corrected chi connectivity index (χ3v) is 1.98. The second-order valence-electron chi connectivity index (χ2n) is 1.78. The molecule has 0 saturated heterocycles. The predicted octanol–water partition coefficient (Wildman–Crippen LogP) is 1.01. The monoisotopic (exact) mass is 240 g/mol. The van der Waals surface area contributed by atoms with Crippen LogP contribution in [-0.4, -0.2) is 15.7 Å². The van der Waals surface area contributed by atoms with Crippen LogP contribution in [0.1, 0.15) is 10.5 Å². The molecule has 11 heavy (non-hydrogen) atoms. The number of rotatable bonds is 1. The van der Waals surface area contributed by atoms with Crippen LogP contribution in [0, 0.1) is 6.20 Å². The largest absolute Gasteiger partial charge is 0.372 e. The van der Waals surface area contributed by atoms with E-state index >= 15 is 0 Å². The van der Waals surface area contributed by atoms with Crippen LogP contribution in [-0.2, 0) is 32.7 Å². The van der Waals surface area contributed by atoms with Gasteiger partial charge in [-0.1, -0.05) is 6.20 Å². The number of fused-ring (bicyclic) bond motifs is 1. The van der Waals surface area contributed by atoms with Gasteiger partial charge in [0.05, 0.1) is 11.2 Å². The number of hydrogen-bond acceptors (Lipinski definition) is 3. The molecule has 2 aromatic rings. The fourth-order valence-corrected chi connectivity index (χ4v) is 1.45. The van der Waals surface area contributed by atoms with Gasteiger partial charge in [-0.2, -0.15) is 11.3 Å². The molecule has 0 aromatic carbocycles. The Balaban J connectivity index is 0.000000605. The van der Waals surface area contributed by atoms with Crippen LogP contribution in [0.4, 0.5) is 0 Å². The smallest absolute Gasteiger partial charge is 0.0897 e. The van der Waals surface area contributed by atoms with Crippen molar-refractivity contribution >= 4 is 22.6 Å². The Morgan fingerprint density at radius 2 is 2.55 bits per heavy atom. The van der Waals surface area contributed by atoms with Crippen LogP contribution in [0.2, 0.25) is 0 Å². The third-order valence-electron chi connectivity index (χ3n) is 1.23. The topological polar surface area (TPSA) is 34.4 Å². The average molecular weight is 240 g/mol.